The number of nitrogens with zero attached hydrogens (tertiary/aromatic N) is 4. The molecule has 114 valence electrons. The molecule has 0 bridgehead atoms. The second-order valence-electron chi connectivity index (χ2n) is 5.62. The molecule has 21 heavy (non-hydrogen) atoms. The SMILES string of the molecule is Cc1cc(=O)n2nc(CN3CCCCC3CCN)sc2n1. The van der Waals surface area contributed by atoms with Gasteiger partial charge in [-0.05, 0) is 39.3 Å². The Kier molecular flexibility index (Phi) is 4.32. The molecule has 7 heteroatoms. The van der Waals surface area contributed by atoms with Crippen molar-refractivity contribution in [3.63, 3.8) is 0 Å². The summed E-state index contributed by atoms with van der Waals surface area (Å²) in [5.74, 6) is 0. The molecule has 0 aromatic carbocycles. The van der Waals surface area contributed by atoms with Crippen LogP contribution in [0.5, 0.6) is 0 Å². The zero-order valence-electron chi connectivity index (χ0n) is 12.3. The van der Waals surface area contributed by atoms with Crippen LogP contribution in [0.15, 0.2) is 10.9 Å². The fourth-order valence-corrected chi connectivity index (χ4v) is 3.96. The Labute approximate surface area is 127 Å². The van der Waals surface area contributed by atoms with Crippen molar-refractivity contribution in [2.75, 3.05) is 13.1 Å². The number of hydrogen-bond acceptors (Lipinski definition) is 6. The summed E-state index contributed by atoms with van der Waals surface area (Å²) >= 11 is 1.51. The Bertz CT molecular complexity index is 678. The Hall–Kier alpha value is -1.31. The van der Waals surface area contributed by atoms with E-state index in [2.05, 4.69) is 15.0 Å². The molecule has 3 rings (SSSR count). The minimum atomic E-state index is -0.0999. The highest BCUT2D eigenvalue weighted by molar-refractivity contribution is 7.16. The number of piperidine rings is 1. The smallest absolute Gasteiger partial charge is 0.275 e. The van der Waals surface area contributed by atoms with Crippen LogP contribution in [0.2, 0.25) is 0 Å². The largest absolute Gasteiger partial charge is 0.330 e. The Morgan fingerprint density at radius 2 is 2.33 bits per heavy atom. The number of rotatable bonds is 4. The van der Waals surface area contributed by atoms with Crippen LogP contribution < -0.4 is 11.3 Å². The highest BCUT2D eigenvalue weighted by Gasteiger charge is 2.23. The van der Waals surface area contributed by atoms with Crippen molar-refractivity contribution in [2.24, 2.45) is 5.73 Å². The first-order valence-corrected chi connectivity index (χ1v) is 8.29. The average Bonchev–Trinajstić information content (AvgIpc) is 2.84. The average molecular weight is 307 g/mol. The normalized spacial score (nSPS) is 20.2. The summed E-state index contributed by atoms with van der Waals surface area (Å²) < 4.78 is 1.41. The van der Waals surface area contributed by atoms with Crippen LogP contribution in [0.1, 0.15) is 36.4 Å². The first kappa shape index (κ1) is 14.6. The molecule has 0 radical (unpaired) electrons. The maximum atomic E-state index is 11.9. The van der Waals surface area contributed by atoms with Crippen molar-refractivity contribution < 1.29 is 0 Å². The molecule has 1 unspecified atom stereocenters. The van der Waals surface area contributed by atoms with Crippen LogP contribution in [-0.2, 0) is 6.54 Å². The fraction of sp³-hybridized carbons (Fsp3) is 0.643. The zero-order valence-corrected chi connectivity index (χ0v) is 13.1. The van der Waals surface area contributed by atoms with Crippen molar-refractivity contribution in [1.82, 2.24) is 19.5 Å². The minimum absolute atomic E-state index is 0.0999. The molecule has 3 heterocycles. The van der Waals surface area contributed by atoms with Gasteiger partial charge in [0.05, 0.1) is 6.54 Å². The van der Waals surface area contributed by atoms with Gasteiger partial charge in [0.25, 0.3) is 5.56 Å². The molecule has 2 aromatic heterocycles. The van der Waals surface area contributed by atoms with Crippen LogP contribution in [0, 0.1) is 6.92 Å². The van der Waals surface area contributed by atoms with Gasteiger partial charge in [0, 0.05) is 17.8 Å². The lowest BCUT2D eigenvalue weighted by Crippen LogP contribution is -2.40. The summed E-state index contributed by atoms with van der Waals surface area (Å²) in [6, 6.07) is 2.07. The van der Waals surface area contributed by atoms with E-state index in [1.807, 2.05) is 6.92 Å². The van der Waals surface area contributed by atoms with Crippen molar-refractivity contribution in [1.29, 1.82) is 0 Å². The van der Waals surface area contributed by atoms with Crippen molar-refractivity contribution in [2.45, 2.75) is 45.2 Å². The van der Waals surface area contributed by atoms with E-state index in [4.69, 9.17) is 5.73 Å². The van der Waals surface area contributed by atoms with Gasteiger partial charge in [0.2, 0.25) is 4.96 Å². The number of likely N-dealkylation sites (tertiary alicyclic amines) is 1. The summed E-state index contributed by atoms with van der Waals surface area (Å²) in [5, 5.41) is 5.38. The predicted molar refractivity (Wildman–Crippen MR) is 83.6 cm³/mol. The number of hydrogen-bond donors (Lipinski definition) is 1. The van der Waals surface area contributed by atoms with Gasteiger partial charge in [-0.25, -0.2) is 4.98 Å². The van der Waals surface area contributed by atoms with E-state index in [9.17, 15) is 4.79 Å². The standard InChI is InChI=1S/C14H21N5OS/c1-10-8-13(20)19-14(16-10)21-12(17-19)9-18-7-3-2-4-11(18)5-6-15/h8,11H,2-7,9,15H2,1H3. The maximum absolute atomic E-state index is 11.9. The molecule has 1 aliphatic rings. The second-order valence-corrected chi connectivity index (χ2v) is 6.66. The summed E-state index contributed by atoms with van der Waals surface area (Å²) in [5.41, 5.74) is 6.36. The lowest BCUT2D eigenvalue weighted by molar-refractivity contribution is 0.133. The molecule has 0 spiro atoms. The van der Waals surface area contributed by atoms with E-state index in [1.165, 1.54) is 41.2 Å². The second kappa shape index (κ2) is 6.21. The van der Waals surface area contributed by atoms with Crippen molar-refractivity contribution in [3.05, 3.63) is 27.1 Å². The molecular weight excluding hydrogens is 286 g/mol. The Morgan fingerprint density at radius 3 is 3.14 bits per heavy atom. The van der Waals surface area contributed by atoms with Gasteiger partial charge in [0.1, 0.15) is 5.01 Å². The molecule has 0 aliphatic carbocycles. The molecule has 1 fully saturated rings. The first-order chi connectivity index (χ1) is 10.2. The van der Waals surface area contributed by atoms with E-state index in [0.29, 0.717) is 11.0 Å². The van der Waals surface area contributed by atoms with Gasteiger partial charge in [0.15, 0.2) is 0 Å². The zero-order chi connectivity index (χ0) is 14.8. The third-order valence-electron chi connectivity index (χ3n) is 4.00. The van der Waals surface area contributed by atoms with Crippen LogP contribution in [0.4, 0.5) is 0 Å². The van der Waals surface area contributed by atoms with Gasteiger partial charge in [-0.1, -0.05) is 17.8 Å². The van der Waals surface area contributed by atoms with Crippen LogP contribution >= 0.6 is 11.3 Å². The highest BCUT2D eigenvalue weighted by atomic mass is 32.1. The number of aryl methyl sites for hydroxylation is 1. The van der Waals surface area contributed by atoms with E-state index < -0.39 is 0 Å². The molecule has 2 aromatic rings. The lowest BCUT2D eigenvalue weighted by atomic mass is 9.99. The molecule has 0 saturated carbocycles. The van der Waals surface area contributed by atoms with Gasteiger partial charge in [-0.3, -0.25) is 9.69 Å². The van der Waals surface area contributed by atoms with Crippen molar-refractivity contribution >= 4 is 16.3 Å². The van der Waals surface area contributed by atoms with E-state index in [1.54, 1.807) is 0 Å². The monoisotopic (exact) mass is 307 g/mol. The van der Waals surface area contributed by atoms with Crippen LogP contribution in [0.3, 0.4) is 0 Å². The Balaban J connectivity index is 1.83. The third-order valence-corrected chi connectivity index (χ3v) is 4.90. The number of fused-ring (bicyclic) bond motifs is 1. The van der Waals surface area contributed by atoms with Crippen LogP contribution in [0.25, 0.3) is 4.96 Å². The summed E-state index contributed by atoms with van der Waals surface area (Å²) in [7, 11) is 0. The summed E-state index contributed by atoms with van der Waals surface area (Å²) in [6.45, 7) is 4.43. The molecule has 1 saturated heterocycles. The quantitative estimate of drug-likeness (QED) is 0.917. The number of nitrogens with two attached hydrogens (primary N) is 1. The summed E-state index contributed by atoms with van der Waals surface area (Å²) in [4.78, 5) is 19.4. The predicted octanol–water partition coefficient (Wildman–Crippen LogP) is 1.16. The molecule has 6 nitrogen and oxygen atoms in total. The van der Waals surface area contributed by atoms with Gasteiger partial charge < -0.3 is 5.73 Å². The number of aromatic nitrogens is 3. The minimum Gasteiger partial charge on any atom is -0.330 e. The van der Waals surface area contributed by atoms with Gasteiger partial charge >= 0.3 is 0 Å². The van der Waals surface area contributed by atoms with E-state index in [0.717, 1.165) is 36.8 Å². The molecule has 1 aliphatic heterocycles. The first-order valence-electron chi connectivity index (χ1n) is 7.48. The highest BCUT2D eigenvalue weighted by Crippen LogP contribution is 2.23. The molecule has 2 N–H and O–H groups in total. The Morgan fingerprint density at radius 1 is 1.48 bits per heavy atom. The third kappa shape index (κ3) is 3.14. The molecule has 0 amide bonds. The van der Waals surface area contributed by atoms with Gasteiger partial charge in [-0.15, -0.1) is 0 Å². The topological polar surface area (TPSA) is 76.5 Å². The maximum Gasteiger partial charge on any atom is 0.275 e. The van der Waals surface area contributed by atoms with Crippen molar-refractivity contribution in [3.8, 4) is 0 Å². The summed E-state index contributed by atoms with van der Waals surface area (Å²) in [6.07, 6.45) is 4.74. The molecular formula is C14H21N5OS. The van der Waals surface area contributed by atoms with Gasteiger partial charge in [-0.2, -0.15) is 9.61 Å². The lowest BCUT2D eigenvalue weighted by Gasteiger charge is -2.34. The molecule has 1 atom stereocenters. The van der Waals surface area contributed by atoms with E-state index in [-0.39, 0.29) is 5.56 Å². The van der Waals surface area contributed by atoms with E-state index >= 15 is 0 Å². The fourth-order valence-electron chi connectivity index (χ4n) is 2.99. The van der Waals surface area contributed by atoms with Crippen LogP contribution in [-0.4, -0.2) is 38.6 Å².